The zero-order valence-electron chi connectivity index (χ0n) is 19.0. The van der Waals surface area contributed by atoms with Crippen molar-refractivity contribution in [2.75, 3.05) is 20.3 Å². The predicted octanol–water partition coefficient (Wildman–Crippen LogP) is 3.16. The van der Waals surface area contributed by atoms with Gasteiger partial charge in [-0.05, 0) is 34.6 Å². The van der Waals surface area contributed by atoms with Crippen LogP contribution in [0.3, 0.4) is 0 Å². The molecule has 0 fully saturated rings. The molecule has 0 spiro atoms. The maximum Gasteiger partial charge on any atom is 0.407 e. The molecule has 8 heteroatoms. The van der Waals surface area contributed by atoms with Crippen LogP contribution in [0.25, 0.3) is 11.1 Å². The topological polar surface area (TPSA) is 114 Å². The van der Waals surface area contributed by atoms with Crippen molar-refractivity contribution in [1.29, 1.82) is 0 Å². The number of carbonyl (C=O) groups is 3. The van der Waals surface area contributed by atoms with Crippen LogP contribution in [-0.4, -0.2) is 55.5 Å². The Kier molecular flexibility index (Phi) is 8.06. The zero-order valence-corrected chi connectivity index (χ0v) is 19.0. The summed E-state index contributed by atoms with van der Waals surface area (Å²) in [7, 11) is 1.26. The van der Waals surface area contributed by atoms with Crippen molar-refractivity contribution in [3.05, 3.63) is 59.7 Å². The Bertz CT molecular complexity index is 960. The maximum absolute atomic E-state index is 12.6. The van der Waals surface area contributed by atoms with Gasteiger partial charge in [0.1, 0.15) is 12.6 Å². The lowest BCUT2D eigenvalue weighted by Gasteiger charge is -2.22. The minimum absolute atomic E-state index is 0.0847. The van der Waals surface area contributed by atoms with Gasteiger partial charge < -0.3 is 25.2 Å². The van der Waals surface area contributed by atoms with E-state index in [9.17, 15) is 14.4 Å². The molecule has 2 amide bonds. The van der Waals surface area contributed by atoms with Crippen molar-refractivity contribution in [3.8, 4) is 11.1 Å². The highest BCUT2D eigenvalue weighted by molar-refractivity contribution is 5.86. The van der Waals surface area contributed by atoms with Gasteiger partial charge in [-0.1, -0.05) is 62.4 Å². The molecular formula is C25H30N2O6. The molecule has 33 heavy (non-hydrogen) atoms. The number of rotatable bonds is 10. The van der Waals surface area contributed by atoms with Crippen LogP contribution in [0.15, 0.2) is 48.5 Å². The number of benzene rings is 2. The van der Waals surface area contributed by atoms with Crippen LogP contribution in [0.5, 0.6) is 0 Å². The van der Waals surface area contributed by atoms with Crippen LogP contribution < -0.4 is 10.6 Å². The highest BCUT2D eigenvalue weighted by Gasteiger charge is 2.30. The Morgan fingerprint density at radius 1 is 1.00 bits per heavy atom. The van der Waals surface area contributed by atoms with Crippen LogP contribution in [0.2, 0.25) is 0 Å². The molecule has 2 aromatic rings. The van der Waals surface area contributed by atoms with Crippen LogP contribution >= 0.6 is 0 Å². The number of aliphatic carboxylic acids is 1. The third-order valence-corrected chi connectivity index (χ3v) is 5.68. The largest absolute Gasteiger partial charge is 0.479 e. The Labute approximate surface area is 193 Å². The van der Waals surface area contributed by atoms with Gasteiger partial charge in [0, 0.05) is 13.0 Å². The standard InChI is InChI=1S/C25H30N2O6/c1-15(2)12-21(23(28)26-13-22(32-3)24(29)30)27-25(31)33-14-20-18-10-6-4-8-16(18)17-9-5-7-11-19(17)20/h4-11,15,20-22H,12-14H2,1-3H3,(H,26,28)(H,27,31)(H,29,30)/t21-,22?/m1/s1. The number of nitrogens with one attached hydrogen (secondary N) is 2. The second kappa shape index (κ2) is 11.0. The molecular weight excluding hydrogens is 424 g/mol. The average molecular weight is 455 g/mol. The van der Waals surface area contributed by atoms with E-state index in [0.29, 0.717) is 6.42 Å². The Morgan fingerprint density at radius 2 is 1.58 bits per heavy atom. The van der Waals surface area contributed by atoms with Gasteiger partial charge in [-0.25, -0.2) is 9.59 Å². The summed E-state index contributed by atoms with van der Waals surface area (Å²) in [5, 5.41) is 14.2. The van der Waals surface area contributed by atoms with Crippen LogP contribution in [-0.2, 0) is 19.1 Å². The number of amides is 2. The van der Waals surface area contributed by atoms with Crippen molar-refractivity contribution >= 4 is 18.0 Å². The molecule has 0 radical (unpaired) electrons. The smallest absolute Gasteiger partial charge is 0.407 e. The molecule has 176 valence electrons. The van der Waals surface area contributed by atoms with E-state index < -0.39 is 30.1 Å². The van der Waals surface area contributed by atoms with Gasteiger partial charge in [-0.3, -0.25) is 4.79 Å². The first-order valence-electron chi connectivity index (χ1n) is 11.0. The molecule has 0 aliphatic heterocycles. The lowest BCUT2D eigenvalue weighted by Crippen LogP contribution is -2.50. The Morgan fingerprint density at radius 3 is 2.09 bits per heavy atom. The van der Waals surface area contributed by atoms with Gasteiger partial charge in [-0.15, -0.1) is 0 Å². The predicted molar refractivity (Wildman–Crippen MR) is 123 cm³/mol. The molecule has 1 aliphatic rings. The van der Waals surface area contributed by atoms with Crippen LogP contribution in [0.4, 0.5) is 4.79 Å². The third-order valence-electron chi connectivity index (χ3n) is 5.68. The molecule has 2 atom stereocenters. The number of ether oxygens (including phenoxy) is 2. The van der Waals surface area contributed by atoms with Gasteiger partial charge in [0.25, 0.3) is 0 Å². The fourth-order valence-corrected chi connectivity index (χ4v) is 4.07. The highest BCUT2D eigenvalue weighted by Crippen LogP contribution is 2.44. The van der Waals surface area contributed by atoms with E-state index in [1.165, 1.54) is 7.11 Å². The molecule has 0 aromatic heterocycles. The van der Waals surface area contributed by atoms with Crippen LogP contribution in [0, 0.1) is 5.92 Å². The molecule has 3 rings (SSSR count). The summed E-state index contributed by atoms with van der Waals surface area (Å²) in [6.07, 6.45) is -1.48. The monoisotopic (exact) mass is 454 g/mol. The number of carbonyl (C=O) groups excluding carboxylic acids is 2. The normalized spacial score (nSPS) is 14.2. The molecule has 1 aliphatic carbocycles. The minimum atomic E-state index is -1.18. The van der Waals surface area contributed by atoms with Crippen molar-refractivity contribution in [2.24, 2.45) is 5.92 Å². The van der Waals surface area contributed by atoms with Crippen molar-refractivity contribution < 1.29 is 29.0 Å². The summed E-state index contributed by atoms with van der Waals surface area (Å²) in [4.78, 5) is 36.3. The summed E-state index contributed by atoms with van der Waals surface area (Å²) in [5.41, 5.74) is 4.46. The quantitative estimate of drug-likeness (QED) is 0.508. The van der Waals surface area contributed by atoms with Gasteiger partial charge in [0.2, 0.25) is 5.91 Å². The number of alkyl carbamates (subject to hydrolysis) is 1. The number of hydrogen-bond donors (Lipinski definition) is 3. The van der Waals surface area contributed by atoms with E-state index in [-0.39, 0.29) is 25.0 Å². The number of carboxylic acids is 1. The molecule has 2 aromatic carbocycles. The first-order valence-corrected chi connectivity index (χ1v) is 11.0. The SMILES string of the molecule is COC(CNC(=O)[C@@H](CC(C)C)NC(=O)OCC1c2ccccc2-c2ccccc21)C(=O)O. The summed E-state index contributed by atoms with van der Waals surface area (Å²) >= 11 is 0. The summed E-state index contributed by atoms with van der Waals surface area (Å²) in [6.45, 7) is 3.79. The minimum Gasteiger partial charge on any atom is -0.479 e. The lowest BCUT2D eigenvalue weighted by atomic mass is 9.98. The maximum atomic E-state index is 12.6. The van der Waals surface area contributed by atoms with Gasteiger partial charge >= 0.3 is 12.1 Å². The first kappa shape index (κ1) is 24.3. The molecule has 1 unspecified atom stereocenters. The molecule has 8 nitrogen and oxygen atoms in total. The second-order valence-corrected chi connectivity index (χ2v) is 8.46. The van der Waals surface area contributed by atoms with E-state index in [1.54, 1.807) is 0 Å². The first-order chi connectivity index (χ1) is 15.8. The highest BCUT2D eigenvalue weighted by atomic mass is 16.5. The van der Waals surface area contributed by atoms with E-state index in [0.717, 1.165) is 22.3 Å². The van der Waals surface area contributed by atoms with Crippen molar-refractivity contribution in [2.45, 2.75) is 38.3 Å². The zero-order chi connectivity index (χ0) is 24.0. The fourth-order valence-electron chi connectivity index (χ4n) is 4.07. The van der Waals surface area contributed by atoms with Gasteiger partial charge in [0.15, 0.2) is 6.10 Å². The van der Waals surface area contributed by atoms with E-state index in [4.69, 9.17) is 14.6 Å². The number of fused-ring (bicyclic) bond motifs is 3. The summed E-state index contributed by atoms with van der Waals surface area (Å²) in [6, 6.07) is 15.2. The van der Waals surface area contributed by atoms with Gasteiger partial charge in [-0.2, -0.15) is 0 Å². The molecule has 0 saturated carbocycles. The van der Waals surface area contributed by atoms with E-state index >= 15 is 0 Å². The van der Waals surface area contributed by atoms with Gasteiger partial charge in [0.05, 0.1) is 6.54 Å². The lowest BCUT2D eigenvalue weighted by molar-refractivity contribution is -0.148. The molecule has 0 heterocycles. The third kappa shape index (κ3) is 5.90. The van der Waals surface area contributed by atoms with Crippen molar-refractivity contribution in [3.63, 3.8) is 0 Å². The van der Waals surface area contributed by atoms with Crippen LogP contribution in [0.1, 0.15) is 37.3 Å². The second-order valence-electron chi connectivity index (χ2n) is 8.46. The average Bonchev–Trinajstić information content (AvgIpc) is 3.11. The fraction of sp³-hybridized carbons (Fsp3) is 0.400. The molecule has 0 saturated heterocycles. The number of methoxy groups -OCH3 is 1. The van der Waals surface area contributed by atoms with Crippen molar-refractivity contribution in [1.82, 2.24) is 10.6 Å². The number of carboxylic acid groups (broad SMARTS) is 1. The number of hydrogen-bond acceptors (Lipinski definition) is 5. The summed E-state index contributed by atoms with van der Waals surface area (Å²) < 4.78 is 10.4. The van der Waals surface area contributed by atoms with E-state index in [1.807, 2.05) is 50.2 Å². The summed E-state index contributed by atoms with van der Waals surface area (Å²) in [5.74, 6) is -1.63. The van der Waals surface area contributed by atoms with E-state index in [2.05, 4.69) is 22.8 Å². The Hall–Kier alpha value is -3.39. The Balaban J connectivity index is 1.63. The molecule has 0 bridgehead atoms. The molecule has 3 N–H and O–H groups in total.